The number of sulfonamides is 1. The molecule has 0 radical (unpaired) electrons. The highest BCUT2D eigenvalue weighted by molar-refractivity contribution is 7.89. The highest BCUT2D eigenvalue weighted by atomic mass is 32.2. The predicted octanol–water partition coefficient (Wildman–Crippen LogP) is 1.53. The van der Waals surface area contributed by atoms with Crippen LogP contribution in [-0.2, 0) is 28.4 Å². The zero-order valence-electron chi connectivity index (χ0n) is 17.7. The van der Waals surface area contributed by atoms with Gasteiger partial charge in [0.05, 0.1) is 30.0 Å². The van der Waals surface area contributed by atoms with E-state index < -0.39 is 10.0 Å². The Hall–Kier alpha value is -2.20. The first-order chi connectivity index (χ1) is 13.7. The van der Waals surface area contributed by atoms with Crippen molar-refractivity contribution in [1.29, 1.82) is 0 Å². The van der Waals surface area contributed by atoms with Crippen molar-refractivity contribution in [3.05, 3.63) is 29.3 Å². The number of hydrogen-bond donors (Lipinski definition) is 1. The minimum atomic E-state index is -3.67. The van der Waals surface area contributed by atoms with Crippen LogP contribution in [0, 0.1) is 19.8 Å². The molecule has 10 heteroatoms. The molecule has 0 aromatic carbocycles. The maximum Gasteiger partial charge on any atom is 0.246 e. The Balaban J connectivity index is 1.70. The number of hydrogen-bond acceptors (Lipinski definition) is 5. The number of carbonyl (C=O) groups excluding carboxylic acids is 1. The molecule has 2 atom stereocenters. The van der Waals surface area contributed by atoms with Crippen LogP contribution < -0.4 is 5.32 Å². The van der Waals surface area contributed by atoms with E-state index in [9.17, 15) is 13.2 Å². The summed E-state index contributed by atoms with van der Waals surface area (Å²) in [4.78, 5) is 13.1. The lowest BCUT2D eigenvalue weighted by molar-refractivity contribution is -0.126. The number of piperidine rings is 1. The van der Waals surface area contributed by atoms with Gasteiger partial charge in [-0.2, -0.15) is 14.5 Å². The zero-order chi connectivity index (χ0) is 21.3. The molecule has 1 aliphatic heterocycles. The Morgan fingerprint density at radius 2 is 2.00 bits per heavy atom. The van der Waals surface area contributed by atoms with Gasteiger partial charge in [-0.3, -0.25) is 14.2 Å². The second-order valence-electron chi connectivity index (χ2n) is 7.65. The lowest BCUT2D eigenvalue weighted by atomic mass is 9.98. The Kier molecular flexibility index (Phi) is 6.13. The van der Waals surface area contributed by atoms with Gasteiger partial charge in [0.25, 0.3) is 0 Å². The Bertz CT molecular complexity index is 994. The summed E-state index contributed by atoms with van der Waals surface area (Å²) >= 11 is 0. The molecule has 2 aromatic rings. The van der Waals surface area contributed by atoms with Crippen molar-refractivity contribution in [3.8, 4) is 0 Å². The fourth-order valence-corrected chi connectivity index (χ4v) is 5.57. The molecule has 0 aliphatic carbocycles. The first-order valence-electron chi connectivity index (χ1n) is 9.98. The molecule has 160 valence electrons. The van der Waals surface area contributed by atoms with E-state index in [1.54, 1.807) is 24.9 Å². The van der Waals surface area contributed by atoms with E-state index in [1.807, 2.05) is 25.5 Å². The van der Waals surface area contributed by atoms with Gasteiger partial charge in [0.1, 0.15) is 4.90 Å². The average Bonchev–Trinajstić information content (AvgIpc) is 3.24. The number of rotatable bonds is 6. The van der Waals surface area contributed by atoms with Gasteiger partial charge in [0.2, 0.25) is 15.9 Å². The first kappa shape index (κ1) is 21.5. The maximum absolute atomic E-state index is 13.0. The second kappa shape index (κ2) is 8.27. The Morgan fingerprint density at radius 1 is 1.28 bits per heavy atom. The van der Waals surface area contributed by atoms with Gasteiger partial charge in [-0.15, -0.1) is 0 Å². The zero-order valence-corrected chi connectivity index (χ0v) is 18.5. The molecule has 0 unspecified atom stereocenters. The summed E-state index contributed by atoms with van der Waals surface area (Å²) in [5, 5.41) is 11.4. The second-order valence-corrected chi connectivity index (χ2v) is 9.56. The molecule has 29 heavy (non-hydrogen) atoms. The number of nitrogens with zero attached hydrogens (tertiary/aromatic N) is 5. The predicted molar refractivity (Wildman–Crippen MR) is 109 cm³/mol. The first-order valence-corrected chi connectivity index (χ1v) is 11.4. The molecule has 1 N–H and O–H groups in total. The molecule has 1 aliphatic rings. The number of nitrogens with one attached hydrogen (secondary N) is 1. The van der Waals surface area contributed by atoms with Gasteiger partial charge in [-0.1, -0.05) is 0 Å². The lowest BCUT2D eigenvalue weighted by Crippen LogP contribution is -2.45. The summed E-state index contributed by atoms with van der Waals surface area (Å²) in [6, 6.07) is -0.185. The molecule has 1 amide bonds. The average molecular weight is 423 g/mol. The highest BCUT2D eigenvalue weighted by Gasteiger charge is 2.35. The van der Waals surface area contributed by atoms with Crippen LogP contribution >= 0.6 is 0 Å². The normalized spacial score (nSPS) is 19.3. The van der Waals surface area contributed by atoms with Crippen LogP contribution in [0.5, 0.6) is 0 Å². The molecular weight excluding hydrogens is 392 g/mol. The fraction of sp³-hybridized carbons (Fsp3) is 0.632. The molecule has 0 bridgehead atoms. The van der Waals surface area contributed by atoms with Crippen LogP contribution in [0.1, 0.15) is 49.7 Å². The molecular formula is C19H30N6O3S. The number of amides is 1. The van der Waals surface area contributed by atoms with E-state index in [4.69, 9.17) is 0 Å². The fourth-order valence-electron chi connectivity index (χ4n) is 3.86. The monoisotopic (exact) mass is 422 g/mol. The van der Waals surface area contributed by atoms with E-state index in [0.29, 0.717) is 25.1 Å². The smallest absolute Gasteiger partial charge is 0.246 e. The molecule has 9 nitrogen and oxygen atoms in total. The summed E-state index contributed by atoms with van der Waals surface area (Å²) in [6.07, 6.45) is 4.48. The Morgan fingerprint density at radius 3 is 2.59 bits per heavy atom. The minimum absolute atomic E-state index is 0.121. The minimum Gasteiger partial charge on any atom is -0.349 e. The van der Waals surface area contributed by atoms with Crippen molar-refractivity contribution in [2.24, 2.45) is 13.0 Å². The van der Waals surface area contributed by atoms with Crippen molar-refractivity contribution < 1.29 is 13.2 Å². The van der Waals surface area contributed by atoms with Gasteiger partial charge >= 0.3 is 0 Å². The van der Waals surface area contributed by atoms with Gasteiger partial charge in [0.15, 0.2) is 0 Å². The number of aromatic nitrogens is 4. The molecule has 3 heterocycles. The standard InChI is InChI=1S/C19H30N6O3S/c1-6-25-14(3)17(10-21-25)13(2)22-19(26)16-8-7-9-24(12-16)29(27,28)18-11-20-23(5)15(18)4/h10-11,13,16H,6-9,12H2,1-5H3,(H,22,26)/t13-,16-/m0/s1. The topological polar surface area (TPSA) is 102 Å². The van der Waals surface area contributed by atoms with Crippen LogP contribution in [0.3, 0.4) is 0 Å². The summed E-state index contributed by atoms with van der Waals surface area (Å²) in [7, 11) is -1.96. The number of aryl methyl sites for hydroxylation is 2. The van der Waals surface area contributed by atoms with Crippen LogP contribution in [-0.4, -0.2) is 51.3 Å². The van der Waals surface area contributed by atoms with Crippen molar-refractivity contribution >= 4 is 15.9 Å². The van der Waals surface area contributed by atoms with Crippen molar-refractivity contribution in [3.63, 3.8) is 0 Å². The van der Waals surface area contributed by atoms with Crippen LogP contribution in [0.4, 0.5) is 0 Å². The molecule has 0 saturated carbocycles. The molecule has 1 saturated heterocycles. The molecule has 3 rings (SSSR count). The van der Waals surface area contributed by atoms with E-state index in [1.165, 1.54) is 10.5 Å². The summed E-state index contributed by atoms with van der Waals surface area (Å²) < 4.78 is 30.9. The summed E-state index contributed by atoms with van der Waals surface area (Å²) in [5.74, 6) is -0.497. The van der Waals surface area contributed by atoms with Crippen LogP contribution in [0.2, 0.25) is 0 Å². The van der Waals surface area contributed by atoms with Gasteiger partial charge in [-0.05, 0) is 40.5 Å². The molecule has 2 aromatic heterocycles. The van der Waals surface area contributed by atoms with Crippen LogP contribution in [0.15, 0.2) is 17.3 Å². The third-order valence-corrected chi connectivity index (χ3v) is 7.80. The SMILES string of the molecule is CCn1ncc([C@H](C)NC(=O)[C@H]2CCCN(S(=O)(=O)c3cnn(C)c3C)C2)c1C. The quantitative estimate of drug-likeness (QED) is 0.761. The maximum atomic E-state index is 13.0. The summed E-state index contributed by atoms with van der Waals surface area (Å²) in [5.41, 5.74) is 2.60. The largest absolute Gasteiger partial charge is 0.349 e. The summed E-state index contributed by atoms with van der Waals surface area (Å²) in [6.45, 7) is 9.04. The van der Waals surface area contributed by atoms with E-state index in [-0.39, 0.29) is 29.3 Å². The lowest BCUT2D eigenvalue weighted by Gasteiger charge is -2.31. The Labute approximate surface area is 172 Å². The van der Waals surface area contributed by atoms with Crippen molar-refractivity contribution in [2.75, 3.05) is 13.1 Å². The number of carbonyl (C=O) groups is 1. The van der Waals surface area contributed by atoms with Crippen molar-refractivity contribution in [1.82, 2.24) is 29.2 Å². The van der Waals surface area contributed by atoms with Gasteiger partial charge in [-0.25, -0.2) is 8.42 Å². The third kappa shape index (κ3) is 4.09. The van der Waals surface area contributed by atoms with Gasteiger partial charge in [0, 0.05) is 37.9 Å². The van der Waals surface area contributed by atoms with Gasteiger partial charge < -0.3 is 5.32 Å². The molecule has 1 fully saturated rings. The third-order valence-electron chi connectivity index (χ3n) is 5.83. The van der Waals surface area contributed by atoms with Crippen molar-refractivity contribution in [2.45, 2.75) is 58.0 Å². The van der Waals surface area contributed by atoms with E-state index >= 15 is 0 Å². The van der Waals surface area contributed by atoms with Crippen LogP contribution in [0.25, 0.3) is 0 Å². The highest BCUT2D eigenvalue weighted by Crippen LogP contribution is 2.26. The van der Waals surface area contributed by atoms with E-state index in [0.717, 1.165) is 17.8 Å². The molecule has 0 spiro atoms. The van der Waals surface area contributed by atoms with E-state index in [2.05, 4.69) is 15.5 Å².